The van der Waals surface area contributed by atoms with Crippen molar-refractivity contribution >= 4 is 26.7 Å². The van der Waals surface area contributed by atoms with Gasteiger partial charge in [-0.15, -0.1) is 0 Å². The minimum Gasteiger partial charge on any atom is -0.326 e. The summed E-state index contributed by atoms with van der Waals surface area (Å²) in [7, 11) is -4.28. The molecule has 0 spiro atoms. The number of aromatic nitrogens is 2. The molecule has 1 heterocycles. The lowest BCUT2D eigenvalue weighted by atomic mass is 10.1. The van der Waals surface area contributed by atoms with Gasteiger partial charge in [0.05, 0.1) is 28.0 Å². The molecule has 0 aliphatic carbocycles. The largest absolute Gasteiger partial charge is 0.416 e. The molecule has 0 saturated carbocycles. The predicted molar refractivity (Wildman–Crippen MR) is 122 cm³/mol. The van der Waals surface area contributed by atoms with Gasteiger partial charge in [0.1, 0.15) is 5.52 Å². The van der Waals surface area contributed by atoms with Crippen LogP contribution >= 0.6 is 0 Å². The Morgan fingerprint density at radius 1 is 1.00 bits per heavy atom. The van der Waals surface area contributed by atoms with E-state index in [1.807, 2.05) is 48.7 Å². The van der Waals surface area contributed by atoms with Gasteiger partial charge in [-0.2, -0.15) is 13.2 Å². The molecule has 0 fully saturated rings. The van der Waals surface area contributed by atoms with Crippen LogP contribution in [0.25, 0.3) is 11.0 Å². The normalized spacial score (nSPS) is 12.3. The van der Waals surface area contributed by atoms with Gasteiger partial charge in [-0.3, -0.25) is 4.72 Å². The van der Waals surface area contributed by atoms with Crippen LogP contribution in [0.1, 0.15) is 27.8 Å². The Labute approximate surface area is 189 Å². The second kappa shape index (κ2) is 8.22. The van der Waals surface area contributed by atoms with E-state index in [1.54, 1.807) is 13.3 Å². The maximum atomic E-state index is 13.1. The number of halogens is 3. The van der Waals surface area contributed by atoms with Gasteiger partial charge in [-0.05, 0) is 61.7 Å². The van der Waals surface area contributed by atoms with Crippen molar-refractivity contribution in [3.8, 4) is 0 Å². The zero-order valence-electron chi connectivity index (χ0n) is 18.2. The van der Waals surface area contributed by atoms with Gasteiger partial charge < -0.3 is 4.57 Å². The van der Waals surface area contributed by atoms with E-state index < -0.39 is 26.7 Å². The van der Waals surface area contributed by atoms with Gasteiger partial charge >= 0.3 is 6.18 Å². The highest BCUT2D eigenvalue weighted by Gasteiger charge is 2.32. The van der Waals surface area contributed by atoms with Crippen molar-refractivity contribution in [3.63, 3.8) is 0 Å². The molecule has 0 radical (unpaired) electrons. The second-order valence-corrected chi connectivity index (χ2v) is 9.73. The maximum absolute atomic E-state index is 13.1. The molecule has 9 heteroatoms. The fourth-order valence-corrected chi connectivity index (χ4v) is 4.77. The Hall–Kier alpha value is -3.33. The molecule has 172 valence electrons. The Bertz CT molecular complexity index is 1440. The van der Waals surface area contributed by atoms with Crippen LogP contribution in [0.2, 0.25) is 0 Å². The van der Waals surface area contributed by atoms with Crippen LogP contribution in [0.5, 0.6) is 0 Å². The molecule has 33 heavy (non-hydrogen) atoms. The smallest absolute Gasteiger partial charge is 0.326 e. The molecule has 0 aliphatic heterocycles. The Balaban J connectivity index is 1.75. The lowest BCUT2D eigenvalue weighted by Crippen LogP contribution is -2.16. The Morgan fingerprint density at radius 2 is 1.70 bits per heavy atom. The quantitative estimate of drug-likeness (QED) is 0.397. The molecule has 5 nitrogen and oxygen atoms in total. The summed E-state index contributed by atoms with van der Waals surface area (Å²) >= 11 is 0. The number of nitrogens with zero attached hydrogens (tertiary/aromatic N) is 2. The van der Waals surface area contributed by atoms with E-state index in [0.717, 1.165) is 40.4 Å². The molecule has 1 aromatic heterocycles. The summed E-state index contributed by atoms with van der Waals surface area (Å²) in [6.45, 7) is 6.14. The fraction of sp³-hybridized carbons (Fsp3) is 0.208. The molecule has 0 amide bonds. The number of rotatable bonds is 5. The Morgan fingerprint density at radius 3 is 2.36 bits per heavy atom. The van der Waals surface area contributed by atoms with Gasteiger partial charge in [0.2, 0.25) is 0 Å². The SMILES string of the molecule is Cc1ccc(Cn2cnc3c(NS(=O)(=O)c4cccc(C(F)(F)F)c4)c(C)c(C)cc32)cc1. The van der Waals surface area contributed by atoms with E-state index in [4.69, 9.17) is 0 Å². The van der Waals surface area contributed by atoms with Crippen molar-refractivity contribution < 1.29 is 21.6 Å². The van der Waals surface area contributed by atoms with Crippen molar-refractivity contribution in [1.82, 2.24) is 9.55 Å². The first-order chi connectivity index (χ1) is 15.5. The van der Waals surface area contributed by atoms with Crippen LogP contribution in [-0.2, 0) is 22.7 Å². The molecule has 1 N–H and O–H groups in total. The summed E-state index contributed by atoms with van der Waals surface area (Å²) in [5.74, 6) is 0. The third-order valence-electron chi connectivity index (χ3n) is 5.62. The number of alkyl halides is 3. The van der Waals surface area contributed by atoms with Crippen molar-refractivity contribution in [2.45, 2.75) is 38.4 Å². The van der Waals surface area contributed by atoms with Gasteiger partial charge in [-0.1, -0.05) is 35.9 Å². The summed E-state index contributed by atoms with van der Waals surface area (Å²) in [5, 5.41) is 0. The van der Waals surface area contributed by atoms with E-state index in [-0.39, 0.29) is 5.69 Å². The summed E-state index contributed by atoms with van der Waals surface area (Å²) in [6.07, 6.45) is -3.02. The number of fused-ring (bicyclic) bond motifs is 1. The van der Waals surface area contributed by atoms with Gasteiger partial charge in [0, 0.05) is 6.54 Å². The van der Waals surface area contributed by atoms with Crippen LogP contribution in [0.15, 0.2) is 65.8 Å². The lowest BCUT2D eigenvalue weighted by molar-refractivity contribution is -0.137. The zero-order valence-corrected chi connectivity index (χ0v) is 19.1. The number of imidazole rings is 1. The number of benzene rings is 3. The molecular formula is C24H22F3N3O2S. The van der Waals surface area contributed by atoms with Crippen molar-refractivity contribution in [2.24, 2.45) is 0 Å². The van der Waals surface area contributed by atoms with Crippen LogP contribution in [0.3, 0.4) is 0 Å². The summed E-state index contributed by atoms with van der Waals surface area (Å²) < 4.78 is 69.7. The molecule has 0 atom stereocenters. The standard InChI is InChI=1S/C24H22F3N3O2S/c1-15-7-9-18(10-8-15)13-30-14-28-23-21(30)11-16(2)17(3)22(23)29-33(31,32)20-6-4-5-19(12-20)24(25,26)27/h4-12,14,29H,13H2,1-3H3. The molecule has 0 aliphatic rings. The van der Waals surface area contributed by atoms with E-state index in [0.29, 0.717) is 23.7 Å². The zero-order chi connectivity index (χ0) is 24.0. The highest BCUT2D eigenvalue weighted by atomic mass is 32.2. The average molecular weight is 474 g/mol. The van der Waals surface area contributed by atoms with Crippen LogP contribution < -0.4 is 4.72 Å². The molecule has 0 saturated heterocycles. The Kier molecular flexibility index (Phi) is 5.69. The van der Waals surface area contributed by atoms with Crippen molar-refractivity contribution in [1.29, 1.82) is 0 Å². The number of sulfonamides is 1. The molecular weight excluding hydrogens is 451 g/mol. The minimum atomic E-state index is -4.65. The van der Waals surface area contributed by atoms with E-state index in [9.17, 15) is 21.6 Å². The summed E-state index contributed by atoms with van der Waals surface area (Å²) in [4.78, 5) is 3.96. The van der Waals surface area contributed by atoms with E-state index in [2.05, 4.69) is 9.71 Å². The number of hydrogen-bond donors (Lipinski definition) is 1. The third kappa shape index (κ3) is 4.59. The van der Waals surface area contributed by atoms with Crippen molar-refractivity contribution in [3.05, 3.63) is 88.7 Å². The highest BCUT2D eigenvalue weighted by molar-refractivity contribution is 7.92. The van der Waals surface area contributed by atoms with Crippen LogP contribution in [0.4, 0.5) is 18.9 Å². The summed E-state index contributed by atoms with van der Waals surface area (Å²) in [6, 6.07) is 13.6. The van der Waals surface area contributed by atoms with Gasteiger partial charge in [0.15, 0.2) is 0 Å². The van der Waals surface area contributed by atoms with Crippen LogP contribution in [0, 0.1) is 20.8 Å². The molecule has 3 aromatic carbocycles. The van der Waals surface area contributed by atoms with E-state index in [1.165, 1.54) is 0 Å². The number of aryl methyl sites for hydroxylation is 2. The maximum Gasteiger partial charge on any atom is 0.416 e. The number of hydrogen-bond acceptors (Lipinski definition) is 3. The first kappa shape index (κ1) is 22.8. The third-order valence-corrected chi connectivity index (χ3v) is 6.96. The first-order valence-corrected chi connectivity index (χ1v) is 11.6. The summed E-state index contributed by atoms with van der Waals surface area (Å²) in [5.41, 5.74) is 4.06. The monoisotopic (exact) mass is 473 g/mol. The van der Waals surface area contributed by atoms with Gasteiger partial charge in [0.25, 0.3) is 10.0 Å². The highest BCUT2D eigenvalue weighted by Crippen LogP contribution is 2.33. The molecule has 4 aromatic rings. The molecule has 0 bridgehead atoms. The van der Waals surface area contributed by atoms with Gasteiger partial charge in [-0.25, -0.2) is 13.4 Å². The lowest BCUT2D eigenvalue weighted by Gasteiger charge is -2.15. The second-order valence-electron chi connectivity index (χ2n) is 8.05. The predicted octanol–water partition coefficient (Wildman–Crippen LogP) is 5.83. The fourth-order valence-electron chi connectivity index (χ4n) is 3.60. The molecule has 4 rings (SSSR count). The molecule has 0 unspecified atom stereocenters. The number of nitrogens with one attached hydrogen (secondary N) is 1. The topological polar surface area (TPSA) is 64.0 Å². The first-order valence-electron chi connectivity index (χ1n) is 10.2. The minimum absolute atomic E-state index is 0.255. The van der Waals surface area contributed by atoms with Crippen molar-refractivity contribution in [2.75, 3.05) is 4.72 Å². The number of anilines is 1. The van der Waals surface area contributed by atoms with Crippen LogP contribution in [-0.4, -0.2) is 18.0 Å². The average Bonchev–Trinajstić information content (AvgIpc) is 3.14. The van der Waals surface area contributed by atoms with E-state index >= 15 is 0 Å².